The molecule has 1 aromatic heterocycles. The van der Waals surface area contributed by atoms with Crippen molar-refractivity contribution < 1.29 is 32.1 Å². The maximum atomic E-state index is 12.7. The quantitative estimate of drug-likeness (QED) is 0.396. The van der Waals surface area contributed by atoms with E-state index in [0.717, 1.165) is 37.8 Å². The highest BCUT2D eigenvalue weighted by atomic mass is 32.2. The number of hydrogen-bond donors (Lipinski definition) is 0. The van der Waals surface area contributed by atoms with E-state index in [4.69, 9.17) is 9.15 Å². The summed E-state index contributed by atoms with van der Waals surface area (Å²) in [7, 11) is -3.16. The molecule has 1 saturated carbocycles. The first-order valence-electron chi connectivity index (χ1n) is 8.70. The number of ether oxygens (including phenoxy) is 1. The summed E-state index contributed by atoms with van der Waals surface area (Å²) in [5, 5.41) is 10.6. The molecule has 2 aliphatic rings. The number of amides is 1. The van der Waals surface area contributed by atoms with Crippen LogP contribution in [0.1, 0.15) is 42.7 Å². The Labute approximate surface area is 155 Å². The van der Waals surface area contributed by atoms with E-state index in [1.54, 1.807) is 4.90 Å². The van der Waals surface area contributed by atoms with Gasteiger partial charge < -0.3 is 14.1 Å². The minimum Gasteiger partial charge on any atom is -0.450 e. The molecule has 0 aromatic carbocycles. The van der Waals surface area contributed by atoms with Crippen LogP contribution in [0.3, 0.4) is 0 Å². The maximum absolute atomic E-state index is 12.7. The molecule has 10 nitrogen and oxygen atoms in total. The van der Waals surface area contributed by atoms with Crippen LogP contribution in [0.5, 0.6) is 0 Å². The number of furan rings is 1. The zero-order chi connectivity index (χ0) is 19.6. The molecule has 11 heteroatoms. The van der Waals surface area contributed by atoms with Crippen molar-refractivity contribution in [3.8, 4) is 0 Å². The summed E-state index contributed by atoms with van der Waals surface area (Å²) in [6.07, 6.45) is 3.89. The number of sulfone groups is 1. The Bertz CT molecular complexity index is 840. The van der Waals surface area contributed by atoms with Crippen molar-refractivity contribution in [2.45, 2.75) is 44.2 Å². The molecule has 1 amide bonds. The molecule has 1 atom stereocenters. The molecule has 0 radical (unpaired) electrons. The van der Waals surface area contributed by atoms with Crippen LogP contribution in [0.2, 0.25) is 0 Å². The van der Waals surface area contributed by atoms with Crippen molar-refractivity contribution in [3.05, 3.63) is 28.0 Å². The third-order valence-corrected chi connectivity index (χ3v) is 6.66. The van der Waals surface area contributed by atoms with Crippen molar-refractivity contribution in [1.82, 2.24) is 4.90 Å². The average molecular weight is 400 g/mol. The van der Waals surface area contributed by atoms with E-state index >= 15 is 0 Å². The summed E-state index contributed by atoms with van der Waals surface area (Å²) < 4.78 is 33.3. The zero-order valence-electron chi connectivity index (χ0n) is 14.5. The number of nitrogens with zero attached hydrogens (tertiary/aromatic N) is 2. The monoisotopic (exact) mass is 400 g/mol. The minimum absolute atomic E-state index is 0.0457. The molecule has 148 valence electrons. The first-order chi connectivity index (χ1) is 12.8. The molecule has 27 heavy (non-hydrogen) atoms. The molecule has 1 aliphatic carbocycles. The van der Waals surface area contributed by atoms with Gasteiger partial charge in [0.25, 0.3) is 5.91 Å². The van der Waals surface area contributed by atoms with E-state index in [9.17, 15) is 28.1 Å². The van der Waals surface area contributed by atoms with Crippen LogP contribution < -0.4 is 0 Å². The summed E-state index contributed by atoms with van der Waals surface area (Å²) in [6.45, 7) is -0.569. The Morgan fingerprint density at radius 2 is 1.93 bits per heavy atom. The molecule has 0 N–H and O–H groups in total. The van der Waals surface area contributed by atoms with Gasteiger partial charge in [-0.2, -0.15) is 0 Å². The van der Waals surface area contributed by atoms with E-state index < -0.39 is 45.2 Å². The van der Waals surface area contributed by atoms with Crippen LogP contribution >= 0.6 is 0 Å². The van der Waals surface area contributed by atoms with E-state index in [2.05, 4.69) is 0 Å². The van der Waals surface area contributed by atoms with Crippen LogP contribution in [0.25, 0.3) is 0 Å². The molecule has 1 aromatic rings. The fraction of sp³-hybridized carbons (Fsp3) is 0.625. The lowest BCUT2D eigenvalue weighted by Gasteiger charge is -2.33. The van der Waals surface area contributed by atoms with Crippen LogP contribution in [0.4, 0.5) is 5.88 Å². The number of nitro groups is 1. The fourth-order valence-corrected chi connectivity index (χ4v) is 5.40. The predicted molar refractivity (Wildman–Crippen MR) is 91.8 cm³/mol. The molecule has 1 aliphatic heterocycles. The molecule has 1 unspecified atom stereocenters. The van der Waals surface area contributed by atoms with Crippen LogP contribution in [0.15, 0.2) is 16.5 Å². The van der Waals surface area contributed by atoms with Gasteiger partial charge in [0.15, 0.2) is 16.4 Å². The van der Waals surface area contributed by atoms with Gasteiger partial charge >= 0.3 is 11.9 Å². The standard InChI is InChI=1S/C16H20N2O8S/c19-14(9-25-16(20)13-5-6-15(26-13)18(21)22)17(11-3-1-2-4-11)12-7-8-27(23,24)10-12/h5-6,11-12H,1-4,7-10H2. The van der Waals surface area contributed by atoms with Gasteiger partial charge in [-0.15, -0.1) is 0 Å². The second-order valence-electron chi connectivity index (χ2n) is 6.77. The molecule has 2 fully saturated rings. The lowest BCUT2D eigenvalue weighted by atomic mass is 10.1. The van der Waals surface area contributed by atoms with Crippen molar-refractivity contribution >= 4 is 27.6 Å². The number of carbonyl (C=O) groups excluding carboxylic acids is 2. The number of esters is 1. The van der Waals surface area contributed by atoms with Gasteiger partial charge in [0.05, 0.1) is 17.6 Å². The fourth-order valence-electron chi connectivity index (χ4n) is 3.69. The van der Waals surface area contributed by atoms with Gasteiger partial charge in [-0.25, -0.2) is 13.2 Å². The van der Waals surface area contributed by atoms with Crippen molar-refractivity contribution in [3.63, 3.8) is 0 Å². The third kappa shape index (κ3) is 4.46. The van der Waals surface area contributed by atoms with Gasteiger partial charge in [0.2, 0.25) is 5.76 Å². The maximum Gasteiger partial charge on any atom is 0.433 e. The first kappa shape index (κ1) is 19.3. The van der Waals surface area contributed by atoms with Gasteiger partial charge in [0, 0.05) is 12.1 Å². The highest BCUT2D eigenvalue weighted by Gasteiger charge is 2.39. The normalized spacial score (nSPS) is 21.9. The summed E-state index contributed by atoms with van der Waals surface area (Å²) in [5.74, 6) is -2.44. The van der Waals surface area contributed by atoms with E-state index in [1.165, 1.54) is 0 Å². The van der Waals surface area contributed by atoms with Crippen molar-refractivity contribution in [1.29, 1.82) is 0 Å². The second-order valence-corrected chi connectivity index (χ2v) is 9.00. The molecule has 2 heterocycles. The Hall–Kier alpha value is -2.43. The summed E-state index contributed by atoms with van der Waals surface area (Å²) in [5.41, 5.74) is 0. The van der Waals surface area contributed by atoms with Gasteiger partial charge in [0.1, 0.15) is 4.92 Å². The SMILES string of the molecule is O=C(OCC(=O)N(C1CCCC1)C1CCS(=O)(=O)C1)c1ccc([N+](=O)[O-])o1. The zero-order valence-corrected chi connectivity index (χ0v) is 15.4. The Balaban J connectivity index is 1.65. The van der Waals surface area contributed by atoms with Gasteiger partial charge in [-0.05, 0) is 25.3 Å². The lowest BCUT2D eigenvalue weighted by Crippen LogP contribution is -2.48. The van der Waals surface area contributed by atoms with Gasteiger partial charge in [-0.1, -0.05) is 12.8 Å². The number of rotatable bonds is 6. The summed E-state index contributed by atoms with van der Waals surface area (Å²) >= 11 is 0. The van der Waals surface area contributed by atoms with Crippen LogP contribution in [0, 0.1) is 10.1 Å². The average Bonchev–Trinajstić information content (AvgIpc) is 3.33. The predicted octanol–water partition coefficient (Wildman–Crippen LogP) is 1.30. The second kappa shape index (κ2) is 7.67. The van der Waals surface area contributed by atoms with Crippen LogP contribution in [-0.4, -0.2) is 60.3 Å². The highest BCUT2D eigenvalue weighted by molar-refractivity contribution is 7.91. The topological polar surface area (TPSA) is 137 Å². The van der Waals surface area contributed by atoms with E-state index in [1.807, 2.05) is 0 Å². The van der Waals surface area contributed by atoms with E-state index in [-0.39, 0.29) is 23.3 Å². The Morgan fingerprint density at radius 1 is 1.22 bits per heavy atom. The van der Waals surface area contributed by atoms with E-state index in [0.29, 0.717) is 6.42 Å². The van der Waals surface area contributed by atoms with Gasteiger partial charge in [-0.3, -0.25) is 14.9 Å². The number of carbonyl (C=O) groups is 2. The molecule has 0 spiro atoms. The third-order valence-electron chi connectivity index (χ3n) is 4.91. The largest absolute Gasteiger partial charge is 0.450 e. The molecule has 3 rings (SSSR count). The number of hydrogen-bond acceptors (Lipinski definition) is 8. The van der Waals surface area contributed by atoms with Crippen LogP contribution in [-0.2, 0) is 19.4 Å². The highest BCUT2D eigenvalue weighted by Crippen LogP contribution is 2.29. The minimum atomic E-state index is -3.16. The molecule has 1 saturated heterocycles. The summed E-state index contributed by atoms with van der Waals surface area (Å²) in [6, 6.07) is 1.66. The molecular weight excluding hydrogens is 380 g/mol. The van der Waals surface area contributed by atoms with Crippen molar-refractivity contribution in [2.24, 2.45) is 0 Å². The Kier molecular flexibility index (Phi) is 5.49. The Morgan fingerprint density at radius 3 is 2.48 bits per heavy atom. The first-order valence-corrected chi connectivity index (χ1v) is 10.5. The molecular formula is C16H20N2O8S. The smallest absolute Gasteiger partial charge is 0.433 e. The lowest BCUT2D eigenvalue weighted by molar-refractivity contribution is -0.402. The summed E-state index contributed by atoms with van der Waals surface area (Å²) in [4.78, 5) is 36.0. The van der Waals surface area contributed by atoms with Crippen molar-refractivity contribution in [2.75, 3.05) is 18.1 Å². The molecule has 0 bridgehead atoms.